The zero-order valence-corrected chi connectivity index (χ0v) is 10.7. The lowest BCUT2D eigenvalue weighted by Gasteiger charge is -2.20. The van der Waals surface area contributed by atoms with E-state index in [2.05, 4.69) is 21.2 Å². The fourth-order valence-corrected chi connectivity index (χ4v) is 1.21. The molecule has 0 spiro atoms. The Hall–Kier alpha value is -0.290. The molecule has 0 radical (unpaired) electrons. The van der Waals surface area contributed by atoms with Gasteiger partial charge in [-0.2, -0.15) is 0 Å². The lowest BCUT2D eigenvalue weighted by Crippen LogP contribution is -2.38. The highest BCUT2D eigenvalue weighted by molar-refractivity contribution is 9.09. The molecule has 0 unspecified atom stereocenters. The van der Waals surface area contributed by atoms with E-state index in [0.29, 0.717) is 11.9 Å². The molecule has 5 heteroatoms. The van der Waals surface area contributed by atoms with Gasteiger partial charge in [-0.05, 0) is 20.8 Å². The van der Waals surface area contributed by atoms with Crippen LogP contribution in [0.3, 0.4) is 0 Å². The molecule has 0 bridgehead atoms. The van der Waals surface area contributed by atoms with Crippen LogP contribution in [0.5, 0.6) is 0 Å². The number of carbonyl (C=O) groups is 1. The summed E-state index contributed by atoms with van der Waals surface area (Å²) < 4.78 is 10.1. The van der Waals surface area contributed by atoms with Crippen LogP contribution in [-0.2, 0) is 9.47 Å². The minimum atomic E-state index is -0.457. The van der Waals surface area contributed by atoms with Gasteiger partial charge in [0, 0.05) is 19.0 Å². The van der Waals surface area contributed by atoms with E-state index in [1.54, 1.807) is 7.11 Å². The number of hydrogen-bond acceptors (Lipinski definition) is 3. The number of carbonyl (C=O) groups excluding carboxylic acids is 1. The standard InChI is InChI=1S/C9H18BrNO3/c1-9(2,3)14-8(12)11-6-7(5-10)13-4/h7H,5-6H2,1-4H3,(H,11,12)/t7-/m1/s1. The number of rotatable bonds is 4. The first-order chi connectivity index (χ1) is 6.39. The molecule has 0 aliphatic rings. The van der Waals surface area contributed by atoms with Crippen molar-refractivity contribution in [3.05, 3.63) is 0 Å². The third kappa shape index (κ3) is 7.15. The molecule has 0 saturated carbocycles. The summed E-state index contributed by atoms with van der Waals surface area (Å²) in [7, 11) is 1.60. The zero-order valence-electron chi connectivity index (χ0n) is 9.09. The number of halogens is 1. The van der Waals surface area contributed by atoms with Gasteiger partial charge in [0.2, 0.25) is 0 Å². The van der Waals surface area contributed by atoms with E-state index in [1.165, 1.54) is 0 Å². The largest absolute Gasteiger partial charge is 0.444 e. The summed E-state index contributed by atoms with van der Waals surface area (Å²) in [4.78, 5) is 11.2. The third-order valence-electron chi connectivity index (χ3n) is 1.38. The van der Waals surface area contributed by atoms with Gasteiger partial charge >= 0.3 is 6.09 Å². The quantitative estimate of drug-likeness (QED) is 0.792. The van der Waals surface area contributed by atoms with Crippen LogP contribution in [0.4, 0.5) is 4.79 Å². The van der Waals surface area contributed by atoms with Crippen LogP contribution in [0.25, 0.3) is 0 Å². The van der Waals surface area contributed by atoms with Gasteiger partial charge in [-0.25, -0.2) is 4.79 Å². The van der Waals surface area contributed by atoms with Crippen LogP contribution in [0.1, 0.15) is 20.8 Å². The first kappa shape index (κ1) is 13.7. The van der Waals surface area contributed by atoms with Crippen LogP contribution >= 0.6 is 15.9 Å². The molecule has 0 aromatic heterocycles. The van der Waals surface area contributed by atoms with Crippen molar-refractivity contribution >= 4 is 22.0 Å². The number of alkyl carbamates (subject to hydrolysis) is 1. The average Bonchev–Trinajstić information content (AvgIpc) is 2.03. The highest BCUT2D eigenvalue weighted by Gasteiger charge is 2.16. The van der Waals surface area contributed by atoms with Crippen molar-refractivity contribution in [3.8, 4) is 0 Å². The Kier molecular flexibility index (Phi) is 6.11. The van der Waals surface area contributed by atoms with Crippen molar-refractivity contribution in [2.45, 2.75) is 32.5 Å². The Morgan fingerprint density at radius 1 is 1.50 bits per heavy atom. The lowest BCUT2D eigenvalue weighted by molar-refractivity contribution is 0.0476. The van der Waals surface area contributed by atoms with Crippen molar-refractivity contribution < 1.29 is 14.3 Å². The third-order valence-corrected chi connectivity index (χ3v) is 2.10. The van der Waals surface area contributed by atoms with Crippen LogP contribution in [0.2, 0.25) is 0 Å². The second kappa shape index (κ2) is 6.24. The van der Waals surface area contributed by atoms with Crippen molar-refractivity contribution in [1.82, 2.24) is 5.32 Å². The first-order valence-electron chi connectivity index (χ1n) is 4.44. The van der Waals surface area contributed by atoms with Crippen molar-refractivity contribution in [1.29, 1.82) is 0 Å². The number of hydrogen-bond donors (Lipinski definition) is 1. The summed E-state index contributed by atoms with van der Waals surface area (Å²) in [6.45, 7) is 5.91. The summed E-state index contributed by atoms with van der Waals surface area (Å²) in [6, 6.07) is 0. The molecule has 14 heavy (non-hydrogen) atoms. The molecule has 0 aromatic carbocycles. The molecular formula is C9H18BrNO3. The summed E-state index contributed by atoms with van der Waals surface area (Å²) in [5.74, 6) is 0. The Morgan fingerprint density at radius 3 is 2.43 bits per heavy atom. The topological polar surface area (TPSA) is 47.6 Å². The summed E-state index contributed by atoms with van der Waals surface area (Å²) in [5, 5.41) is 3.30. The molecule has 4 nitrogen and oxygen atoms in total. The maximum atomic E-state index is 11.2. The average molecular weight is 268 g/mol. The molecule has 1 amide bonds. The maximum Gasteiger partial charge on any atom is 0.407 e. The highest BCUT2D eigenvalue weighted by atomic mass is 79.9. The SMILES string of the molecule is CO[C@H](CBr)CNC(=O)OC(C)(C)C. The molecule has 0 aromatic rings. The van der Waals surface area contributed by atoms with Crippen molar-refractivity contribution in [2.75, 3.05) is 19.0 Å². The van der Waals surface area contributed by atoms with Gasteiger partial charge in [-0.3, -0.25) is 0 Å². The number of methoxy groups -OCH3 is 1. The van der Waals surface area contributed by atoms with Gasteiger partial charge in [-0.1, -0.05) is 15.9 Å². The molecule has 0 aliphatic carbocycles. The van der Waals surface area contributed by atoms with Gasteiger partial charge in [-0.15, -0.1) is 0 Å². The fourth-order valence-electron chi connectivity index (χ4n) is 0.712. The van der Waals surface area contributed by atoms with E-state index in [9.17, 15) is 4.79 Å². The predicted molar refractivity (Wildman–Crippen MR) is 58.8 cm³/mol. The molecule has 84 valence electrons. The number of ether oxygens (including phenoxy) is 2. The normalized spacial score (nSPS) is 13.5. The number of nitrogens with one attached hydrogen (secondary N) is 1. The molecule has 0 saturated heterocycles. The van der Waals surface area contributed by atoms with Gasteiger partial charge in [0.25, 0.3) is 0 Å². The Morgan fingerprint density at radius 2 is 2.07 bits per heavy atom. The minimum Gasteiger partial charge on any atom is -0.444 e. The molecule has 0 fully saturated rings. The number of amides is 1. The predicted octanol–water partition coefficient (Wildman–Crippen LogP) is 1.92. The van der Waals surface area contributed by atoms with E-state index < -0.39 is 11.7 Å². The van der Waals surface area contributed by atoms with Gasteiger partial charge < -0.3 is 14.8 Å². The van der Waals surface area contributed by atoms with Crippen LogP contribution in [0.15, 0.2) is 0 Å². The minimum absolute atomic E-state index is 0.0254. The van der Waals surface area contributed by atoms with Gasteiger partial charge in [0.15, 0.2) is 0 Å². The van der Waals surface area contributed by atoms with Gasteiger partial charge in [0.1, 0.15) is 5.60 Å². The first-order valence-corrected chi connectivity index (χ1v) is 5.57. The van der Waals surface area contributed by atoms with Crippen LogP contribution in [0, 0.1) is 0 Å². The summed E-state index contributed by atoms with van der Waals surface area (Å²) in [5.41, 5.74) is -0.457. The lowest BCUT2D eigenvalue weighted by atomic mass is 10.2. The second-order valence-electron chi connectivity index (χ2n) is 3.89. The molecule has 1 N–H and O–H groups in total. The highest BCUT2D eigenvalue weighted by Crippen LogP contribution is 2.06. The summed E-state index contributed by atoms with van der Waals surface area (Å²) >= 11 is 3.27. The Balaban J connectivity index is 3.74. The van der Waals surface area contributed by atoms with E-state index in [0.717, 1.165) is 0 Å². The zero-order chi connectivity index (χ0) is 11.2. The van der Waals surface area contributed by atoms with Crippen LogP contribution < -0.4 is 5.32 Å². The molecule has 0 rings (SSSR count). The smallest absolute Gasteiger partial charge is 0.407 e. The molecule has 1 atom stereocenters. The second-order valence-corrected chi connectivity index (χ2v) is 4.54. The number of alkyl halides is 1. The fraction of sp³-hybridized carbons (Fsp3) is 0.889. The Bertz CT molecular complexity index is 175. The van der Waals surface area contributed by atoms with E-state index in [4.69, 9.17) is 9.47 Å². The monoisotopic (exact) mass is 267 g/mol. The van der Waals surface area contributed by atoms with Crippen molar-refractivity contribution in [3.63, 3.8) is 0 Å². The van der Waals surface area contributed by atoms with Gasteiger partial charge in [0.05, 0.1) is 6.10 Å². The summed E-state index contributed by atoms with van der Waals surface area (Å²) in [6.07, 6.45) is -0.442. The van der Waals surface area contributed by atoms with E-state index >= 15 is 0 Å². The van der Waals surface area contributed by atoms with Crippen molar-refractivity contribution in [2.24, 2.45) is 0 Å². The molecular weight excluding hydrogens is 250 g/mol. The maximum absolute atomic E-state index is 11.2. The molecule has 0 heterocycles. The van der Waals surface area contributed by atoms with E-state index in [1.807, 2.05) is 20.8 Å². The Labute approximate surface area is 93.5 Å². The van der Waals surface area contributed by atoms with Crippen LogP contribution in [-0.4, -0.2) is 36.8 Å². The van der Waals surface area contributed by atoms with E-state index in [-0.39, 0.29) is 6.10 Å². The molecule has 0 aliphatic heterocycles.